The maximum absolute atomic E-state index is 4.32. The van der Waals surface area contributed by atoms with Crippen LogP contribution in [-0.2, 0) is 12.8 Å². The van der Waals surface area contributed by atoms with Crippen molar-refractivity contribution < 1.29 is 0 Å². The number of hydrogen-bond acceptors (Lipinski definition) is 6. The van der Waals surface area contributed by atoms with Crippen molar-refractivity contribution in [1.29, 1.82) is 0 Å². The average Bonchev–Trinajstić information content (AvgIpc) is 2.83. The Morgan fingerprint density at radius 3 is 3.00 bits per heavy atom. The highest BCUT2D eigenvalue weighted by molar-refractivity contribution is 7.98. The standard InChI is InChI=1S/C10H15N5S2/c1-4-11-10-8(12-14-17-10)6-16-9-5-7(2)13-15(9)3/h5,11H,4,6H2,1-3H3. The van der Waals surface area contributed by atoms with E-state index in [1.54, 1.807) is 11.8 Å². The van der Waals surface area contributed by atoms with Crippen LogP contribution in [0.1, 0.15) is 18.3 Å². The van der Waals surface area contributed by atoms with Crippen molar-refractivity contribution in [3.05, 3.63) is 17.5 Å². The van der Waals surface area contributed by atoms with Gasteiger partial charge in [0.05, 0.1) is 10.7 Å². The topological polar surface area (TPSA) is 55.6 Å². The summed E-state index contributed by atoms with van der Waals surface area (Å²) in [4.78, 5) is 0. The monoisotopic (exact) mass is 269 g/mol. The van der Waals surface area contributed by atoms with Gasteiger partial charge in [0.15, 0.2) is 0 Å². The largest absolute Gasteiger partial charge is 0.374 e. The summed E-state index contributed by atoms with van der Waals surface area (Å²) in [6.07, 6.45) is 0. The molecule has 0 atom stereocenters. The molecule has 2 heterocycles. The lowest BCUT2D eigenvalue weighted by Crippen LogP contribution is -1.98. The zero-order chi connectivity index (χ0) is 12.3. The molecule has 0 radical (unpaired) electrons. The first-order chi connectivity index (χ1) is 8.20. The fraction of sp³-hybridized carbons (Fsp3) is 0.500. The van der Waals surface area contributed by atoms with E-state index in [4.69, 9.17) is 0 Å². The van der Waals surface area contributed by atoms with Gasteiger partial charge in [0.1, 0.15) is 10.7 Å². The third-order valence-electron chi connectivity index (χ3n) is 2.21. The van der Waals surface area contributed by atoms with Gasteiger partial charge in [-0.05, 0) is 19.9 Å². The number of aromatic nitrogens is 4. The summed E-state index contributed by atoms with van der Waals surface area (Å²) in [5.74, 6) is 0.817. The Balaban J connectivity index is 2.02. The summed E-state index contributed by atoms with van der Waals surface area (Å²) < 4.78 is 5.87. The van der Waals surface area contributed by atoms with Crippen molar-refractivity contribution in [2.45, 2.75) is 24.6 Å². The van der Waals surface area contributed by atoms with E-state index in [0.717, 1.165) is 33.7 Å². The molecular weight excluding hydrogens is 254 g/mol. The van der Waals surface area contributed by atoms with Gasteiger partial charge < -0.3 is 5.32 Å². The Morgan fingerprint density at radius 1 is 1.53 bits per heavy atom. The molecule has 2 rings (SSSR count). The molecule has 0 saturated heterocycles. The summed E-state index contributed by atoms with van der Waals surface area (Å²) in [7, 11) is 1.96. The van der Waals surface area contributed by atoms with E-state index in [2.05, 4.69) is 33.0 Å². The predicted molar refractivity (Wildman–Crippen MR) is 71.6 cm³/mol. The minimum Gasteiger partial charge on any atom is -0.374 e. The zero-order valence-electron chi connectivity index (χ0n) is 10.1. The third kappa shape index (κ3) is 2.98. The van der Waals surface area contributed by atoms with Crippen LogP contribution in [-0.4, -0.2) is 25.9 Å². The number of anilines is 1. The number of thioether (sulfide) groups is 1. The number of rotatable bonds is 5. The number of nitrogens with zero attached hydrogens (tertiary/aromatic N) is 4. The quantitative estimate of drug-likeness (QED) is 0.844. The summed E-state index contributed by atoms with van der Waals surface area (Å²) in [6.45, 7) is 4.96. The molecule has 0 aliphatic rings. The molecule has 0 aliphatic carbocycles. The van der Waals surface area contributed by atoms with Crippen LogP contribution < -0.4 is 5.32 Å². The van der Waals surface area contributed by atoms with Gasteiger partial charge in [-0.25, -0.2) is 0 Å². The van der Waals surface area contributed by atoms with Crippen molar-refractivity contribution in [2.75, 3.05) is 11.9 Å². The van der Waals surface area contributed by atoms with Gasteiger partial charge in [-0.2, -0.15) is 5.10 Å². The molecule has 92 valence electrons. The molecule has 0 saturated carbocycles. The Hall–Kier alpha value is -1.08. The molecule has 2 aromatic rings. The van der Waals surface area contributed by atoms with Crippen LogP contribution in [0, 0.1) is 6.92 Å². The lowest BCUT2D eigenvalue weighted by molar-refractivity contribution is 0.692. The van der Waals surface area contributed by atoms with Crippen molar-refractivity contribution in [1.82, 2.24) is 19.4 Å². The van der Waals surface area contributed by atoms with Crippen LogP contribution in [0.15, 0.2) is 11.1 Å². The number of nitrogens with one attached hydrogen (secondary N) is 1. The zero-order valence-corrected chi connectivity index (χ0v) is 11.7. The second-order valence-corrected chi connectivity index (χ2v) is 5.37. The molecule has 17 heavy (non-hydrogen) atoms. The van der Waals surface area contributed by atoms with Gasteiger partial charge in [0.25, 0.3) is 0 Å². The first kappa shape index (κ1) is 12.4. The third-order valence-corrected chi connectivity index (χ3v) is 4.03. The minimum atomic E-state index is 0.817. The van der Waals surface area contributed by atoms with Crippen LogP contribution in [0.2, 0.25) is 0 Å². The fourth-order valence-corrected chi connectivity index (χ4v) is 3.17. The van der Waals surface area contributed by atoms with Crippen molar-refractivity contribution >= 4 is 28.3 Å². The Labute approximate surface area is 109 Å². The van der Waals surface area contributed by atoms with Gasteiger partial charge in [-0.1, -0.05) is 4.49 Å². The van der Waals surface area contributed by atoms with Crippen LogP contribution in [0.25, 0.3) is 0 Å². The Morgan fingerprint density at radius 2 is 2.35 bits per heavy atom. The highest BCUT2D eigenvalue weighted by Crippen LogP contribution is 2.27. The summed E-state index contributed by atoms with van der Waals surface area (Å²) in [5, 5.41) is 13.9. The SMILES string of the molecule is CCNc1snnc1CSc1cc(C)nn1C. The van der Waals surface area contributed by atoms with Gasteiger partial charge in [-0.15, -0.1) is 16.9 Å². The molecule has 0 amide bonds. The summed E-state index contributed by atoms with van der Waals surface area (Å²) in [6, 6.07) is 2.08. The Kier molecular flexibility index (Phi) is 4.01. The summed E-state index contributed by atoms with van der Waals surface area (Å²) >= 11 is 3.14. The van der Waals surface area contributed by atoms with E-state index in [0.29, 0.717) is 0 Å². The minimum absolute atomic E-state index is 0.817. The second-order valence-electron chi connectivity index (χ2n) is 3.62. The smallest absolute Gasteiger partial charge is 0.134 e. The van der Waals surface area contributed by atoms with Crippen LogP contribution in [0.3, 0.4) is 0 Å². The molecule has 0 aliphatic heterocycles. The van der Waals surface area contributed by atoms with Crippen LogP contribution in [0.5, 0.6) is 0 Å². The molecule has 7 heteroatoms. The molecule has 0 bridgehead atoms. The predicted octanol–water partition coefficient (Wildman–Crippen LogP) is 2.30. The Bertz CT molecular complexity index is 491. The van der Waals surface area contributed by atoms with E-state index < -0.39 is 0 Å². The van der Waals surface area contributed by atoms with Gasteiger partial charge in [-0.3, -0.25) is 4.68 Å². The molecule has 0 aromatic carbocycles. The lowest BCUT2D eigenvalue weighted by Gasteiger charge is -2.02. The first-order valence-electron chi connectivity index (χ1n) is 5.39. The molecule has 1 N–H and O–H groups in total. The van der Waals surface area contributed by atoms with Crippen LogP contribution >= 0.6 is 23.3 Å². The second kappa shape index (κ2) is 5.50. The highest BCUT2D eigenvalue weighted by atomic mass is 32.2. The first-order valence-corrected chi connectivity index (χ1v) is 7.15. The maximum Gasteiger partial charge on any atom is 0.134 e. The van der Waals surface area contributed by atoms with Crippen molar-refractivity contribution in [2.24, 2.45) is 7.05 Å². The normalized spacial score (nSPS) is 10.8. The van der Waals surface area contributed by atoms with E-state index in [1.807, 2.05) is 18.7 Å². The molecule has 0 unspecified atom stereocenters. The number of aryl methyl sites for hydroxylation is 2. The van der Waals surface area contributed by atoms with E-state index in [1.165, 1.54) is 11.5 Å². The number of hydrogen-bond donors (Lipinski definition) is 1. The molecule has 2 aromatic heterocycles. The van der Waals surface area contributed by atoms with Gasteiger partial charge in [0, 0.05) is 30.9 Å². The van der Waals surface area contributed by atoms with E-state index in [9.17, 15) is 0 Å². The lowest BCUT2D eigenvalue weighted by atomic mass is 10.5. The van der Waals surface area contributed by atoms with Gasteiger partial charge >= 0.3 is 0 Å². The summed E-state index contributed by atoms with van der Waals surface area (Å²) in [5.41, 5.74) is 2.05. The van der Waals surface area contributed by atoms with Crippen LogP contribution in [0.4, 0.5) is 5.00 Å². The van der Waals surface area contributed by atoms with Gasteiger partial charge in [0.2, 0.25) is 0 Å². The van der Waals surface area contributed by atoms with Crippen molar-refractivity contribution in [3.8, 4) is 0 Å². The average molecular weight is 269 g/mol. The molecule has 0 fully saturated rings. The van der Waals surface area contributed by atoms with E-state index in [-0.39, 0.29) is 0 Å². The van der Waals surface area contributed by atoms with E-state index >= 15 is 0 Å². The molecule has 5 nitrogen and oxygen atoms in total. The maximum atomic E-state index is 4.32. The fourth-order valence-electron chi connectivity index (χ4n) is 1.46. The van der Waals surface area contributed by atoms with Crippen molar-refractivity contribution in [3.63, 3.8) is 0 Å². The molecule has 0 spiro atoms. The molecular formula is C10H15N5S2. The highest BCUT2D eigenvalue weighted by Gasteiger charge is 2.09.